The fourth-order valence-electron chi connectivity index (χ4n) is 4.92. The SMILES string of the molecule is Cc1cc(OCC(=O)N(Cc2ccccc2)[C@H](Cc2ccccc2)C(=O)NC2CCCC2)cc(C)c1Br. The maximum absolute atomic E-state index is 13.7. The minimum atomic E-state index is -0.646. The Morgan fingerprint density at radius 2 is 1.51 bits per heavy atom. The molecule has 0 bridgehead atoms. The Labute approximate surface area is 228 Å². The molecule has 0 saturated heterocycles. The molecule has 4 rings (SSSR count). The van der Waals surface area contributed by atoms with Gasteiger partial charge in [-0.3, -0.25) is 9.59 Å². The van der Waals surface area contributed by atoms with Gasteiger partial charge in [0.1, 0.15) is 11.8 Å². The number of amides is 2. The topological polar surface area (TPSA) is 58.6 Å². The molecule has 194 valence electrons. The van der Waals surface area contributed by atoms with Crippen LogP contribution in [0.25, 0.3) is 0 Å². The average Bonchev–Trinajstić information content (AvgIpc) is 3.42. The van der Waals surface area contributed by atoms with Gasteiger partial charge < -0.3 is 15.0 Å². The molecule has 0 radical (unpaired) electrons. The van der Waals surface area contributed by atoms with Crippen molar-refractivity contribution in [3.63, 3.8) is 0 Å². The molecule has 3 aromatic carbocycles. The minimum Gasteiger partial charge on any atom is -0.484 e. The van der Waals surface area contributed by atoms with Gasteiger partial charge in [0, 0.05) is 23.5 Å². The van der Waals surface area contributed by atoms with E-state index in [9.17, 15) is 9.59 Å². The molecule has 0 aliphatic heterocycles. The summed E-state index contributed by atoms with van der Waals surface area (Å²) in [6.45, 7) is 4.18. The van der Waals surface area contributed by atoms with Crippen molar-refractivity contribution in [2.45, 2.75) is 64.6 Å². The van der Waals surface area contributed by atoms with Crippen LogP contribution in [0.2, 0.25) is 0 Å². The first-order valence-electron chi connectivity index (χ1n) is 13.0. The maximum Gasteiger partial charge on any atom is 0.261 e. The molecule has 1 aliphatic rings. The average molecular weight is 564 g/mol. The fraction of sp³-hybridized carbons (Fsp3) is 0.355. The Balaban J connectivity index is 1.60. The smallest absolute Gasteiger partial charge is 0.261 e. The van der Waals surface area contributed by atoms with Crippen molar-refractivity contribution in [1.29, 1.82) is 0 Å². The number of nitrogens with one attached hydrogen (secondary N) is 1. The Bertz CT molecular complexity index is 1170. The highest BCUT2D eigenvalue weighted by molar-refractivity contribution is 9.10. The molecule has 1 saturated carbocycles. The van der Waals surface area contributed by atoms with Crippen molar-refractivity contribution in [3.8, 4) is 5.75 Å². The number of carbonyl (C=O) groups is 2. The molecule has 1 atom stereocenters. The van der Waals surface area contributed by atoms with Crippen LogP contribution in [0, 0.1) is 13.8 Å². The van der Waals surface area contributed by atoms with Crippen LogP contribution in [0.3, 0.4) is 0 Å². The number of aryl methyl sites for hydroxylation is 2. The lowest BCUT2D eigenvalue weighted by Crippen LogP contribution is -2.53. The molecule has 1 N–H and O–H groups in total. The normalized spacial score (nSPS) is 14.2. The third-order valence-corrected chi connectivity index (χ3v) is 8.19. The van der Waals surface area contributed by atoms with Gasteiger partial charge in [-0.1, -0.05) is 89.4 Å². The lowest BCUT2D eigenvalue weighted by molar-refractivity contribution is -0.143. The van der Waals surface area contributed by atoms with E-state index in [0.29, 0.717) is 18.7 Å². The summed E-state index contributed by atoms with van der Waals surface area (Å²) < 4.78 is 7.00. The van der Waals surface area contributed by atoms with Crippen molar-refractivity contribution >= 4 is 27.7 Å². The predicted octanol–water partition coefficient (Wildman–Crippen LogP) is 6.14. The molecular formula is C31H35BrN2O3. The first-order chi connectivity index (χ1) is 17.9. The molecule has 1 aliphatic carbocycles. The van der Waals surface area contributed by atoms with Crippen molar-refractivity contribution in [2.75, 3.05) is 6.61 Å². The van der Waals surface area contributed by atoms with E-state index in [1.807, 2.05) is 86.6 Å². The summed E-state index contributed by atoms with van der Waals surface area (Å²) in [7, 11) is 0. The molecule has 0 spiro atoms. The summed E-state index contributed by atoms with van der Waals surface area (Å²) in [5.74, 6) is 0.321. The largest absolute Gasteiger partial charge is 0.484 e. The molecule has 0 aromatic heterocycles. The first-order valence-corrected chi connectivity index (χ1v) is 13.8. The number of halogens is 1. The molecule has 5 nitrogen and oxygen atoms in total. The second kappa shape index (κ2) is 12.9. The van der Waals surface area contributed by atoms with E-state index in [2.05, 4.69) is 21.2 Å². The summed E-state index contributed by atoms with van der Waals surface area (Å²) in [6, 6.07) is 23.1. The van der Waals surface area contributed by atoms with E-state index in [0.717, 1.165) is 52.4 Å². The highest BCUT2D eigenvalue weighted by Crippen LogP contribution is 2.26. The quantitative estimate of drug-likeness (QED) is 0.322. The van der Waals surface area contributed by atoms with Gasteiger partial charge in [0.05, 0.1) is 0 Å². The third kappa shape index (κ3) is 7.45. The lowest BCUT2D eigenvalue weighted by atomic mass is 10.0. The zero-order valence-electron chi connectivity index (χ0n) is 21.6. The molecule has 0 heterocycles. The molecule has 3 aromatic rings. The maximum atomic E-state index is 13.7. The number of hydrogen-bond donors (Lipinski definition) is 1. The molecular weight excluding hydrogens is 528 g/mol. The molecule has 1 fully saturated rings. The fourth-order valence-corrected chi connectivity index (χ4v) is 5.15. The van der Waals surface area contributed by atoms with Gasteiger partial charge >= 0.3 is 0 Å². The second-order valence-electron chi connectivity index (χ2n) is 9.86. The summed E-state index contributed by atoms with van der Waals surface area (Å²) in [5.41, 5.74) is 4.07. The van der Waals surface area contributed by atoms with Crippen LogP contribution >= 0.6 is 15.9 Å². The monoisotopic (exact) mass is 562 g/mol. The summed E-state index contributed by atoms with van der Waals surface area (Å²) in [4.78, 5) is 29.1. The van der Waals surface area contributed by atoms with Gasteiger partial charge in [0.15, 0.2) is 6.61 Å². The summed E-state index contributed by atoms with van der Waals surface area (Å²) >= 11 is 3.58. The van der Waals surface area contributed by atoms with Gasteiger partial charge in [-0.15, -0.1) is 0 Å². The number of benzene rings is 3. The summed E-state index contributed by atoms with van der Waals surface area (Å²) in [6.07, 6.45) is 4.67. The predicted molar refractivity (Wildman–Crippen MR) is 150 cm³/mol. The molecule has 2 amide bonds. The third-order valence-electron chi connectivity index (χ3n) is 6.94. The summed E-state index contributed by atoms with van der Waals surface area (Å²) in [5, 5.41) is 3.24. The van der Waals surface area contributed by atoms with Gasteiger partial charge in [-0.2, -0.15) is 0 Å². The first kappa shape index (κ1) is 26.9. The van der Waals surface area contributed by atoms with Crippen molar-refractivity contribution < 1.29 is 14.3 Å². The van der Waals surface area contributed by atoms with Crippen molar-refractivity contribution in [3.05, 3.63) is 99.5 Å². The van der Waals surface area contributed by atoms with Crippen LogP contribution in [0.4, 0.5) is 0 Å². The highest BCUT2D eigenvalue weighted by atomic mass is 79.9. The number of ether oxygens (including phenoxy) is 1. The van der Waals surface area contributed by atoms with Crippen LogP contribution in [-0.4, -0.2) is 35.4 Å². The highest BCUT2D eigenvalue weighted by Gasteiger charge is 2.32. The van der Waals surface area contributed by atoms with Gasteiger partial charge in [0.25, 0.3) is 5.91 Å². The van der Waals surface area contributed by atoms with Crippen molar-refractivity contribution in [2.24, 2.45) is 0 Å². The van der Waals surface area contributed by atoms with E-state index in [4.69, 9.17) is 4.74 Å². The Morgan fingerprint density at radius 1 is 0.946 bits per heavy atom. The van der Waals surface area contributed by atoms with E-state index in [1.165, 1.54) is 0 Å². The minimum absolute atomic E-state index is 0.102. The Hall–Kier alpha value is -3.12. The Morgan fingerprint density at radius 3 is 2.11 bits per heavy atom. The zero-order valence-corrected chi connectivity index (χ0v) is 23.2. The van der Waals surface area contributed by atoms with Crippen LogP contribution in [0.5, 0.6) is 5.75 Å². The van der Waals surface area contributed by atoms with Crippen LogP contribution in [-0.2, 0) is 22.6 Å². The van der Waals surface area contributed by atoms with Gasteiger partial charge in [-0.25, -0.2) is 0 Å². The number of hydrogen-bond acceptors (Lipinski definition) is 3. The van der Waals surface area contributed by atoms with E-state index in [1.54, 1.807) is 4.90 Å². The van der Waals surface area contributed by atoms with E-state index in [-0.39, 0.29) is 24.5 Å². The Kier molecular flexibility index (Phi) is 9.40. The van der Waals surface area contributed by atoms with Gasteiger partial charge in [0.2, 0.25) is 5.91 Å². The lowest BCUT2D eigenvalue weighted by Gasteiger charge is -2.32. The second-order valence-corrected chi connectivity index (χ2v) is 10.7. The molecule has 6 heteroatoms. The number of carbonyl (C=O) groups excluding carboxylic acids is 2. The number of rotatable bonds is 10. The zero-order chi connectivity index (χ0) is 26.2. The standard InChI is InChI=1S/C31H35BrN2O3/c1-22-17-27(18-23(2)30(22)32)37-21-29(35)34(20-25-13-7-4-8-14-25)28(19-24-11-5-3-6-12-24)31(36)33-26-15-9-10-16-26/h3-8,11-14,17-18,26,28H,9-10,15-16,19-21H2,1-2H3,(H,33,36)/t28-/m1/s1. The molecule has 0 unspecified atom stereocenters. The van der Waals surface area contributed by atoms with E-state index < -0.39 is 6.04 Å². The van der Waals surface area contributed by atoms with Crippen LogP contribution in [0.1, 0.15) is 47.9 Å². The van der Waals surface area contributed by atoms with E-state index >= 15 is 0 Å². The van der Waals surface area contributed by atoms with Crippen LogP contribution < -0.4 is 10.1 Å². The van der Waals surface area contributed by atoms with Crippen molar-refractivity contribution in [1.82, 2.24) is 10.2 Å². The van der Waals surface area contributed by atoms with Crippen LogP contribution in [0.15, 0.2) is 77.3 Å². The number of nitrogens with zero attached hydrogens (tertiary/aromatic N) is 1. The van der Waals surface area contributed by atoms with Gasteiger partial charge in [-0.05, 0) is 61.1 Å². The molecule has 37 heavy (non-hydrogen) atoms.